The maximum Gasteiger partial charge on any atom is 0.117 e. The quantitative estimate of drug-likeness (QED) is 0.496. The lowest BCUT2D eigenvalue weighted by molar-refractivity contribution is 0.514. The van der Waals surface area contributed by atoms with E-state index in [1.54, 1.807) is 0 Å². The van der Waals surface area contributed by atoms with Crippen LogP contribution in [0.3, 0.4) is 0 Å². The molecule has 1 fully saturated rings. The predicted octanol–water partition coefficient (Wildman–Crippen LogP) is 2.20. The molecule has 0 atom stereocenters. The van der Waals surface area contributed by atoms with Crippen LogP contribution < -0.4 is 0 Å². The smallest absolute Gasteiger partial charge is 0.0529 e. The Balaban J connectivity index is 2.23. The Morgan fingerprint density at radius 1 is 1.00 bits per heavy atom. The first-order chi connectivity index (χ1) is 4.30. The summed E-state index contributed by atoms with van der Waals surface area (Å²) in [5.41, 5.74) is 0. The van der Waals surface area contributed by atoms with Crippen LogP contribution in [0.25, 0.3) is 0 Å². The zero-order chi connectivity index (χ0) is 6.69. The van der Waals surface area contributed by atoms with E-state index in [9.17, 15) is 0 Å². The summed E-state index contributed by atoms with van der Waals surface area (Å²) in [4.78, 5) is 0. The second kappa shape index (κ2) is 3.50. The molecule has 0 heterocycles. The number of rotatable bonds is 1. The second-order valence-electron chi connectivity index (χ2n) is 3.14. The van der Waals surface area contributed by atoms with Crippen molar-refractivity contribution in [3.8, 4) is 0 Å². The van der Waals surface area contributed by atoms with Crippen LogP contribution in [0.2, 0.25) is 0 Å². The highest BCUT2D eigenvalue weighted by Crippen LogP contribution is 2.22. The molecule has 1 saturated carbocycles. The van der Waals surface area contributed by atoms with Gasteiger partial charge < -0.3 is 0 Å². The van der Waals surface area contributed by atoms with Gasteiger partial charge in [-0.15, -0.1) is 0 Å². The van der Waals surface area contributed by atoms with Gasteiger partial charge in [-0.05, 0) is 36.6 Å². The molecule has 0 spiro atoms. The molecule has 1 rings (SSSR count). The van der Waals surface area contributed by atoms with E-state index in [1.165, 1.54) is 32.1 Å². The van der Waals surface area contributed by atoms with E-state index in [1.807, 2.05) is 0 Å². The van der Waals surface area contributed by atoms with Gasteiger partial charge in [0.15, 0.2) is 0 Å². The molecule has 0 unspecified atom stereocenters. The molecule has 0 aromatic heterocycles. The zero-order valence-electron chi connectivity index (χ0n) is 6.52. The molecule has 0 bridgehead atoms. The third kappa shape index (κ3) is 2.21. The van der Waals surface area contributed by atoms with Crippen LogP contribution in [0.1, 0.15) is 32.1 Å². The Morgan fingerprint density at radius 2 is 1.56 bits per heavy atom. The lowest BCUT2D eigenvalue weighted by Crippen LogP contribution is -2.21. The van der Waals surface area contributed by atoms with Gasteiger partial charge in [0, 0.05) is 0 Å². The first-order valence-corrected chi connectivity index (χ1v) is 5.97. The normalized spacial score (nSPS) is 23.0. The molecule has 9 heavy (non-hydrogen) atoms. The van der Waals surface area contributed by atoms with Crippen molar-refractivity contribution in [1.82, 2.24) is 0 Å². The molecular weight excluding hydrogens is 128 g/mol. The van der Waals surface area contributed by atoms with Crippen molar-refractivity contribution in [3.05, 3.63) is 0 Å². The highest BCUT2D eigenvalue weighted by molar-refractivity contribution is 7.96. The first kappa shape index (κ1) is 7.46. The molecule has 0 aliphatic heterocycles. The van der Waals surface area contributed by atoms with Crippen LogP contribution in [-0.4, -0.2) is 17.8 Å². The Labute approximate surface area is 61.4 Å². The molecule has 0 saturated heterocycles. The fourth-order valence-corrected chi connectivity index (χ4v) is 2.81. The van der Waals surface area contributed by atoms with E-state index in [0.717, 1.165) is 5.25 Å². The summed E-state index contributed by atoms with van der Waals surface area (Å²) in [5, 5.41) is 1.08. The van der Waals surface area contributed by atoms with Crippen molar-refractivity contribution < 1.29 is 0 Å². The van der Waals surface area contributed by atoms with Gasteiger partial charge in [-0.2, -0.15) is 0 Å². The average Bonchev–Trinajstić information content (AvgIpc) is 1.90. The highest BCUT2D eigenvalue weighted by atomic mass is 32.2. The van der Waals surface area contributed by atoms with Gasteiger partial charge in [-0.1, -0.05) is 6.42 Å². The third-order valence-electron chi connectivity index (χ3n) is 2.22. The Hall–Kier alpha value is 0.350. The van der Waals surface area contributed by atoms with Crippen molar-refractivity contribution in [2.75, 3.05) is 12.5 Å². The van der Waals surface area contributed by atoms with Crippen LogP contribution >= 0.6 is 0 Å². The van der Waals surface area contributed by atoms with Crippen molar-refractivity contribution >= 4 is 10.9 Å². The summed E-state index contributed by atoms with van der Waals surface area (Å²) in [6.45, 7) is 0. The van der Waals surface area contributed by atoms with Crippen LogP contribution in [0.15, 0.2) is 0 Å². The zero-order valence-corrected chi connectivity index (χ0v) is 7.34. The van der Waals surface area contributed by atoms with Crippen LogP contribution in [0.5, 0.6) is 0 Å². The second-order valence-corrected chi connectivity index (χ2v) is 5.57. The molecule has 0 nitrogen and oxygen atoms in total. The molecule has 1 aliphatic carbocycles. The molecular formula is C8H17S+. The largest absolute Gasteiger partial charge is 0.117 e. The van der Waals surface area contributed by atoms with Crippen molar-refractivity contribution in [2.45, 2.75) is 37.4 Å². The molecule has 54 valence electrons. The van der Waals surface area contributed by atoms with Gasteiger partial charge in [-0.25, -0.2) is 0 Å². The minimum atomic E-state index is 0.698. The van der Waals surface area contributed by atoms with E-state index in [4.69, 9.17) is 0 Å². The maximum absolute atomic E-state index is 2.38. The lowest BCUT2D eigenvalue weighted by Gasteiger charge is -2.17. The van der Waals surface area contributed by atoms with Gasteiger partial charge in [-0.3, -0.25) is 0 Å². The fourth-order valence-electron chi connectivity index (χ4n) is 1.54. The first-order valence-electron chi connectivity index (χ1n) is 3.87. The van der Waals surface area contributed by atoms with Crippen LogP contribution in [0, 0.1) is 0 Å². The van der Waals surface area contributed by atoms with Crippen molar-refractivity contribution in [1.29, 1.82) is 0 Å². The number of hydrogen-bond donors (Lipinski definition) is 0. The molecule has 0 aromatic carbocycles. The maximum atomic E-state index is 2.38. The van der Waals surface area contributed by atoms with Crippen LogP contribution in [0.4, 0.5) is 0 Å². The van der Waals surface area contributed by atoms with E-state index in [0.29, 0.717) is 10.9 Å². The van der Waals surface area contributed by atoms with E-state index >= 15 is 0 Å². The molecule has 0 aromatic rings. The van der Waals surface area contributed by atoms with Gasteiger partial charge >= 0.3 is 0 Å². The van der Waals surface area contributed by atoms with E-state index in [2.05, 4.69) is 12.5 Å². The Bertz CT molecular complexity index is 72.6. The molecule has 0 N–H and O–H groups in total. The Kier molecular flexibility index (Phi) is 2.90. The molecule has 1 heteroatoms. The van der Waals surface area contributed by atoms with E-state index in [-0.39, 0.29) is 0 Å². The lowest BCUT2D eigenvalue weighted by atomic mass is 10.0. The summed E-state index contributed by atoms with van der Waals surface area (Å²) >= 11 is 0. The standard InChI is InChI=1S/C8H17S/c1-9(2)8-6-4-3-5-7-8/h8H,3-7H2,1-2H3/q+1. The fraction of sp³-hybridized carbons (Fsp3) is 1.00. The monoisotopic (exact) mass is 145 g/mol. The summed E-state index contributed by atoms with van der Waals surface area (Å²) in [7, 11) is 0.698. The van der Waals surface area contributed by atoms with Crippen LogP contribution in [-0.2, 0) is 10.9 Å². The van der Waals surface area contributed by atoms with Gasteiger partial charge in [0.25, 0.3) is 0 Å². The Morgan fingerprint density at radius 3 is 1.89 bits per heavy atom. The van der Waals surface area contributed by atoms with Gasteiger partial charge in [0.05, 0.1) is 12.5 Å². The summed E-state index contributed by atoms with van der Waals surface area (Å²) < 4.78 is 0. The summed E-state index contributed by atoms with van der Waals surface area (Å²) in [6, 6.07) is 0. The number of hydrogen-bond acceptors (Lipinski definition) is 0. The van der Waals surface area contributed by atoms with E-state index < -0.39 is 0 Å². The minimum Gasteiger partial charge on any atom is -0.0529 e. The molecule has 0 amide bonds. The topological polar surface area (TPSA) is 0 Å². The SMILES string of the molecule is C[S+](C)C1CCCCC1. The summed E-state index contributed by atoms with van der Waals surface area (Å²) in [5.74, 6) is 0. The minimum absolute atomic E-state index is 0.698. The summed E-state index contributed by atoms with van der Waals surface area (Å²) in [6.07, 6.45) is 12.3. The highest BCUT2D eigenvalue weighted by Gasteiger charge is 2.22. The molecule has 0 radical (unpaired) electrons. The molecule has 1 aliphatic rings. The van der Waals surface area contributed by atoms with Crippen molar-refractivity contribution in [3.63, 3.8) is 0 Å². The third-order valence-corrected chi connectivity index (χ3v) is 4.02. The predicted molar refractivity (Wildman–Crippen MR) is 46.1 cm³/mol. The van der Waals surface area contributed by atoms with Gasteiger partial charge in [0.2, 0.25) is 0 Å². The van der Waals surface area contributed by atoms with Crippen molar-refractivity contribution in [2.24, 2.45) is 0 Å². The average molecular weight is 145 g/mol. The van der Waals surface area contributed by atoms with Gasteiger partial charge in [0.1, 0.15) is 5.25 Å².